The van der Waals surface area contributed by atoms with Crippen LogP contribution in [0.5, 0.6) is 5.75 Å². The van der Waals surface area contributed by atoms with E-state index in [1.165, 1.54) is 7.11 Å². The van der Waals surface area contributed by atoms with E-state index in [9.17, 15) is 0 Å². The van der Waals surface area contributed by atoms with Crippen molar-refractivity contribution in [3.63, 3.8) is 0 Å². The number of anilines is 1. The van der Waals surface area contributed by atoms with E-state index in [1.807, 2.05) is 6.07 Å². The highest BCUT2D eigenvalue weighted by atomic mass is 35.5. The standard InChI is InChI=1S/C8H9N3O.ClH/c1-12-8-4-7(11-10)3-2-6(8)5-9;/h2-4,11H,10H2,1H3;1H. The van der Waals surface area contributed by atoms with Gasteiger partial charge in [-0.05, 0) is 12.1 Å². The number of hydrogen-bond acceptors (Lipinski definition) is 4. The van der Waals surface area contributed by atoms with Crippen molar-refractivity contribution in [3.8, 4) is 11.8 Å². The molecule has 0 bridgehead atoms. The molecule has 0 fully saturated rings. The van der Waals surface area contributed by atoms with E-state index >= 15 is 0 Å². The van der Waals surface area contributed by atoms with Crippen molar-refractivity contribution in [3.05, 3.63) is 23.8 Å². The lowest BCUT2D eigenvalue weighted by Gasteiger charge is -2.04. The average Bonchev–Trinajstić information content (AvgIpc) is 2.16. The number of nitriles is 1. The van der Waals surface area contributed by atoms with Gasteiger partial charge in [-0.2, -0.15) is 5.26 Å². The Morgan fingerprint density at radius 1 is 1.54 bits per heavy atom. The second kappa shape index (κ2) is 5.25. The number of methoxy groups -OCH3 is 1. The van der Waals surface area contributed by atoms with Crippen LogP contribution in [0.4, 0.5) is 5.69 Å². The Morgan fingerprint density at radius 3 is 2.69 bits per heavy atom. The van der Waals surface area contributed by atoms with Crippen LogP contribution in [0.3, 0.4) is 0 Å². The van der Waals surface area contributed by atoms with Gasteiger partial charge in [0.1, 0.15) is 11.8 Å². The zero-order valence-corrected chi connectivity index (χ0v) is 7.89. The Morgan fingerprint density at radius 2 is 2.23 bits per heavy atom. The Hall–Kier alpha value is -1.44. The molecule has 1 aromatic carbocycles. The Labute approximate surface area is 82.7 Å². The molecular formula is C8H10ClN3O. The minimum Gasteiger partial charge on any atom is -0.495 e. The number of nitrogens with zero attached hydrogens (tertiary/aromatic N) is 1. The van der Waals surface area contributed by atoms with Crippen molar-refractivity contribution in [2.45, 2.75) is 0 Å². The average molecular weight is 200 g/mol. The smallest absolute Gasteiger partial charge is 0.138 e. The highest BCUT2D eigenvalue weighted by Gasteiger charge is 2.01. The van der Waals surface area contributed by atoms with Gasteiger partial charge in [0.15, 0.2) is 0 Å². The van der Waals surface area contributed by atoms with Crippen LogP contribution in [0.25, 0.3) is 0 Å². The van der Waals surface area contributed by atoms with E-state index in [2.05, 4.69) is 5.43 Å². The first-order valence-corrected chi connectivity index (χ1v) is 3.36. The Balaban J connectivity index is 0.00000144. The van der Waals surface area contributed by atoms with Gasteiger partial charge in [0.25, 0.3) is 0 Å². The molecular weight excluding hydrogens is 190 g/mol. The molecule has 4 nitrogen and oxygen atoms in total. The highest BCUT2D eigenvalue weighted by Crippen LogP contribution is 2.21. The van der Waals surface area contributed by atoms with Crippen LogP contribution in [0.2, 0.25) is 0 Å². The van der Waals surface area contributed by atoms with Gasteiger partial charge in [-0.15, -0.1) is 12.4 Å². The van der Waals surface area contributed by atoms with Crippen LogP contribution in [0.1, 0.15) is 5.56 Å². The molecule has 0 aliphatic heterocycles. The molecule has 0 heterocycles. The Kier molecular flexibility index (Phi) is 4.67. The fourth-order valence-corrected chi connectivity index (χ4v) is 0.873. The number of hydrazine groups is 1. The van der Waals surface area contributed by atoms with Crippen molar-refractivity contribution < 1.29 is 4.74 Å². The molecule has 0 amide bonds. The van der Waals surface area contributed by atoms with Gasteiger partial charge in [-0.3, -0.25) is 5.84 Å². The third kappa shape index (κ3) is 2.51. The molecule has 0 radical (unpaired) electrons. The summed E-state index contributed by atoms with van der Waals surface area (Å²) in [6, 6.07) is 7.03. The molecule has 13 heavy (non-hydrogen) atoms. The largest absolute Gasteiger partial charge is 0.495 e. The molecule has 5 heteroatoms. The lowest BCUT2D eigenvalue weighted by atomic mass is 10.2. The summed E-state index contributed by atoms with van der Waals surface area (Å²) in [6.07, 6.45) is 0. The Bertz CT molecular complexity index is 322. The molecule has 0 atom stereocenters. The van der Waals surface area contributed by atoms with E-state index in [0.29, 0.717) is 17.0 Å². The lowest BCUT2D eigenvalue weighted by Crippen LogP contribution is -2.06. The molecule has 70 valence electrons. The molecule has 0 saturated heterocycles. The zero-order valence-electron chi connectivity index (χ0n) is 7.07. The van der Waals surface area contributed by atoms with Gasteiger partial charge in [-0.25, -0.2) is 0 Å². The van der Waals surface area contributed by atoms with Gasteiger partial charge in [-0.1, -0.05) is 0 Å². The van der Waals surface area contributed by atoms with Gasteiger partial charge < -0.3 is 10.2 Å². The third-order valence-electron chi connectivity index (χ3n) is 1.49. The molecule has 0 aliphatic rings. The summed E-state index contributed by atoms with van der Waals surface area (Å²) in [4.78, 5) is 0. The molecule has 1 rings (SSSR count). The number of halogens is 1. The van der Waals surface area contributed by atoms with Gasteiger partial charge in [0, 0.05) is 6.07 Å². The van der Waals surface area contributed by atoms with Crippen LogP contribution in [0, 0.1) is 11.3 Å². The predicted octanol–water partition coefficient (Wildman–Crippen LogP) is 1.27. The summed E-state index contributed by atoms with van der Waals surface area (Å²) >= 11 is 0. The van der Waals surface area contributed by atoms with E-state index in [-0.39, 0.29) is 12.4 Å². The highest BCUT2D eigenvalue weighted by molar-refractivity contribution is 5.85. The number of ether oxygens (including phenoxy) is 1. The van der Waals surface area contributed by atoms with E-state index < -0.39 is 0 Å². The molecule has 1 aromatic rings. The first kappa shape index (κ1) is 11.6. The number of rotatable bonds is 2. The third-order valence-corrected chi connectivity index (χ3v) is 1.49. The minimum atomic E-state index is 0. The summed E-state index contributed by atoms with van der Waals surface area (Å²) < 4.78 is 4.96. The van der Waals surface area contributed by atoms with Crippen molar-refractivity contribution >= 4 is 18.1 Å². The maximum Gasteiger partial charge on any atom is 0.138 e. The maximum atomic E-state index is 8.63. The van der Waals surface area contributed by atoms with Crippen LogP contribution < -0.4 is 16.0 Å². The monoisotopic (exact) mass is 199 g/mol. The predicted molar refractivity (Wildman–Crippen MR) is 52.8 cm³/mol. The summed E-state index contributed by atoms with van der Waals surface area (Å²) in [5.74, 6) is 5.70. The number of nitrogens with one attached hydrogen (secondary N) is 1. The summed E-state index contributed by atoms with van der Waals surface area (Å²) in [5, 5.41) is 8.63. The van der Waals surface area contributed by atoms with Crippen LogP contribution in [-0.4, -0.2) is 7.11 Å². The molecule has 0 spiro atoms. The van der Waals surface area contributed by atoms with Gasteiger partial charge >= 0.3 is 0 Å². The zero-order chi connectivity index (χ0) is 8.97. The quantitative estimate of drug-likeness (QED) is 0.556. The fraction of sp³-hybridized carbons (Fsp3) is 0.125. The number of nitrogen functional groups attached to an aromatic ring is 1. The molecule has 0 unspecified atom stereocenters. The molecule has 0 saturated carbocycles. The van der Waals surface area contributed by atoms with Crippen LogP contribution in [0.15, 0.2) is 18.2 Å². The number of benzene rings is 1. The summed E-state index contributed by atoms with van der Waals surface area (Å²) in [6.45, 7) is 0. The van der Waals surface area contributed by atoms with Crippen LogP contribution in [-0.2, 0) is 0 Å². The SMILES string of the molecule is COc1cc(NN)ccc1C#N.Cl. The number of nitrogens with two attached hydrogens (primary N) is 1. The first-order chi connectivity index (χ1) is 5.81. The second-order valence-electron chi connectivity index (χ2n) is 2.17. The van der Waals surface area contributed by atoms with Gasteiger partial charge in [0.05, 0.1) is 18.4 Å². The maximum absolute atomic E-state index is 8.63. The summed E-state index contributed by atoms with van der Waals surface area (Å²) in [5.41, 5.74) is 3.67. The lowest BCUT2D eigenvalue weighted by molar-refractivity contribution is 0.413. The molecule has 0 aliphatic carbocycles. The fourth-order valence-electron chi connectivity index (χ4n) is 0.873. The van der Waals surface area contributed by atoms with Crippen molar-refractivity contribution in [2.24, 2.45) is 5.84 Å². The number of hydrogen-bond donors (Lipinski definition) is 2. The first-order valence-electron chi connectivity index (χ1n) is 3.36. The van der Waals surface area contributed by atoms with E-state index in [1.54, 1.807) is 18.2 Å². The normalized spacial score (nSPS) is 8.08. The molecule has 0 aromatic heterocycles. The van der Waals surface area contributed by atoms with Crippen molar-refractivity contribution in [2.75, 3.05) is 12.5 Å². The van der Waals surface area contributed by atoms with Crippen LogP contribution >= 0.6 is 12.4 Å². The minimum absolute atomic E-state index is 0. The van der Waals surface area contributed by atoms with Gasteiger partial charge in [0.2, 0.25) is 0 Å². The second-order valence-corrected chi connectivity index (χ2v) is 2.17. The topological polar surface area (TPSA) is 71.1 Å². The van der Waals surface area contributed by atoms with E-state index in [4.69, 9.17) is 15.8 Å². The van der Waals surface area contributed by atoms with E-state index in [0.717, 1.165) is 0 Å². The molecule has 3 N–H and O–H groups in total. The van der Waals surface area contributed by atoms with Crippen molar-refractivity contribution in [1.82, 2.24) is 0 Å². The summed E-state index contributed by atoms with van der Waals surface area (Å²) in [7, 11) is 1.51. The van der Waals surface area contributed by atoms with Crippen molar-refractivity contribution in [1.29, 1.82) is 5.26 Å².